The zero-order valence-corrected chi connectivity index (χ0v) is 14.9. The van der Waals surface area contributed by atoms with Crippen molar-refractivity contribution in [2.75, 3.05) is 23.3 Å². The summed E-state index contributed by atoms with van der Waals surface area (Å²) in [5, 5.41) is 3.18. The predicted molar refractivity (Wildman–Crippen MR) is 99.9 cm³/mol. The molecule has 0 unspecified atom stereocenters. The Bertz CT molecular complexity index is 666. The highest BCUT2D eigenvalue weighted by atomic mass is 16.5. The summed E-state index contributed by atoms with van der Waals surface area (Å²) in [5.41, 5.74) is 2.98. The van der Waals surface area contributed by atoms with Crippen LogP contribution in [0, 0.1) is 6.92 Å². The Morgan fingerprint density at radius 2 is 1.88 bits per heavy atom. The molecule has 0 aromatic heterocycles. The molecule has 0 heterocycles. The minimum Gasteiger partial charge on any atom is -0.491 e. The van der Waals surface area contributed by atoms with Crippen LogP contribution in [0.15, 0.2) is 48.5 Å². The van der Waals surface area contributed by atoms with Gasteiger partial charge in [-0.25, -0.2) is 0 Å². The van der Waals surface area contributed by atoms with Gasteiger partial charge in [-0.15, -0.1) is 0 Å². The molecule has 0 fully saturated rings. The average Bonchev–Trinajstić information content (AvgIpc) is 2.54. The number of nitrogens with zero attached hydrogens (tertiary/aromatic N) is 1. The lowest BCUT2D eigenvalue weighted by atomic mass is 10.2. The Kier molecular flexibility index (Phi) is 6.24. The first kappa shape index (κ1) is 17.9. The van der Waals surface area contributed by atoms with E-state index in [1.54, 1.807) is 4.90 Å². The van der Waals surface area contributed by atoms with E-state index in [9.17, 15) is 4.79 Å². The number of nitrogens with one attached hydrogen (secondary N) is 1. The molecule has 2 aromatic carbocycles. The molecule has 0 radical (unpaired) electrons. The van der Waals surface area contributed by atoms with Gasteiger partial charge in [-0.2, -0.15) is 0 Å². The van der Waals surface area contributed by atoms with Crippen molar-refractivity contribution in [2.24, 2.45) is 0 Å². The average molecular weight is 326 g/mol. The number of benzene rings is 2. The normalized spacial score (nSPS) is 10.5. The van der Waals surface area contributed by atoms with Gasteiger partial charge in [-0.1, -0.05) is 12.1 Å². The van der Waals surface area contributed by atoms with E-state index < -0.39 is 0 Å². The second-order valence-electron chi connectivity index (χ2n) is 6.02. The summed E-state index contributed by atoms with van der Waals surface area (Å²) >= 11 is 0. The second kappa shape index (κ2) is 8.39. The van der Waals surface area contributed by atoms with Crippen LogP contribution in [0.1, 0.15) is 26.3 Å². The third kappa shape index (κ3) is 5.01. The number of anilines is 2. The molecule has 0 aliphatic rings. The van der Waals surface area contributed by atoms with Crippen molar-refractivity contribution in [2.45, 2.75) is 33.8 Å². The summed E-state index contributed by atoms with van der Waals surface area (Å²) in [6.45, 7) is 8.90. The molecule has 24 heavy (non-hydrogen) atoms. The number of aryl methyl sites for hydroxylation is 1. The molecule has 0 bridgehead atoms. The fraction of sp³-hybridized carbons (Fsp3) is 0.350. The van der Waals surface area contributed by atoms with Crippen LogP contribution in [0.4, 0.5) is 11.4 Å². The molecule has 4 nitrogen and oxygen atoms in total. The van der Waals surface area contributed by atoms with Gasteiger partial charge in [-0.05, 0) is 69.7 Å². The maximum Gasteiger partial charge on any atom is 0.246 e. The first-order chi connectivity index (χ1) is 11.5. The van der Waals surface area contributed by atoms with Crippen molar-refractivity contribution in [3.8, 4) is 5.75 Å². The van der Waals surface area contributed by atoms with Crippen molar-refractivity contribution < 1.29 is 9.53 Å². The molecule has 128 valence electrons. The van der Waals surface area contributed by atoms with E-state index >= 15 is 0 Å². The van der Waals surface area contributed by atoms with E-state index in [0.717, 1.165) is 22.7 Å². The number of rotatable bonds is 7. The summed E-state index contributed by atoms with van der Waals surface area (Å²) in [4.78, 5) is 14.3. The highest BCUT2D eigenvalue weighted by molar-refractivity contribution is 5.96. The van der Waals surface area contributed by atoms with Gasteiger partial charge >= 0.3 is 0 Å². The Labute approximate surface area is 144 Å². The van der Waals surface area contributed by atoms with E-state index in [1.165, 1.54) is 0 Å². The van der Waals surface area contributed by atoms with Gasteiger partial charge in [0.25, 0.3) is 0 Å². The lowest BCUT2D eigenvalue weighted by Crippen LogP contribution is -2.35. The molecule has 0 atom stereocenters. The van der Waals surface area contributed by atoms with Crippen molar-refractivity contribution in [1.82, 2.24) is 0 Å². The topological polar surface area (TPSA) is 41.6 Å². The van der Waals surface area contributed by atoms with Crippen molar-refractivity contribution >= 4 is 17.3 Å². The molecule has 0 saturated heterocycles. The highest BCUT2D eigenvalue weighted by Gasteiger charge is 2.13. The molecule has 1 amide bonds. The number of amides is 1. The highest BCUT2D eigenvalue weighted by Crippen LogP contribution is 2.18. The Hall–Kier alpha value is -2.49. The predicted octanol–water partition coefficient (Wildman–Crippen LogP) is 4.25. The van der Waals surface area contributed by atoms with E-state index in [2.05, 4.69) is 5.32 Å². The summed E-state index contributed by atoms with van der Waals surface area (Å²) in [7, 11) is 0. The molecule has 0 spiro atoms. The van der Waals surface area contributed by atoms with Crippen LogP contribution in [0.25, 0.3) is 0 Å². The first-order valence-corrected chi connectivity index (χ1v) is 8.37. The number of hydrogen-bond donors (Lipinski definition) is 1. The number of ether oxygens (including phenoxy) is 1. The van der Waals surface area contributed by atoms with Crippen LogP contribution >= 0.6 is 0 Å². The van der Waals surface area contributed by atoms with Crippen LogP contribution < -0.4 is 15.0 Å². The van der Waals surface area contributed by atoms with Gasteiger partial charge in [0.2, 0.25) is 5.91 Å². The second-order valence-corrected chi connectivity index (χ2v) is 6.02. The minimum atomic E-state index is 0.0469. The van der Waals surface area contributed by atoms with Gasteiger partial charge in [-0.3, -0.25) is 4.79 Å². The van der Waals surface area contributed by atoms with Gasteiger partial charge < -0.3 is 15.0 Å². The largest absolute Gasteiger partial charge is 0.491 e. The fourth-order valence-electron chi connectivity index (χ4n) is 2.50. The smallest absolute Gasteiger partial charge is 0.246 e. The van der Waals surface area contributed by atoms with Gasteiger partial charge in [0.15, 0.2) is 0 Å². The van der Waals surface area contributed by atoms with Gasteiger partial charge in [0, 0.05) is 17.9 Å². The minimum absolute atomic E-state index is 0.0469. The summed E-state index contributed by atoms with van der Waals surface area (Å²) in [5.74, 6) is 0.877. The fourth-order valence-corrected chi connectivity index (χ4v) is 2.50. The Balaban J connectivity index is 1.96. The standard InChI is InChI=1S/C20H26N2O2/c1-5-22(18-8-6-7-16(4)13-18)20(23)14-21-17-9-11-19(12-10-17)24-15(2)3/h6-13,15,21H,5,14H2,1-4H3. The van der Waals surface area contributed by atoms with E-state index in [4.69, 9.17) is 4.74 Å². The van der Waals surface area contributed by atoms with Crippen LogP contribution in [-0.2, 0) is 4.79 Å². The third-order valence-corrected chi connectivity index (χ3v) is 3.60. The molecule has 1 N–H and O–H groups in total. The maximum atomic E-state index is 12.5. The molecule has 2 aromatic rings. The van der Waals surface area contributed by atoms with Crippen molar-refractivity contribution in [1.29, 1.82) is 0 Å². The number of hydrogen-bond acceptors (Lipinski definition) is 3. The summed E-state index contributed by atoms with van der Waals surface area (Å²) < 4.78 is 5.62. The first-order valence-electron chi connectivity index (χ1n) is 8.37. The molecule has 4 heteroatoms. The molecular weight excluding hydrogens is 300 g/mol. The van der Waals surface area contributed by atoms with Crippen LogP contribution in [-0.4, -0.2) is 25.1 Å². The molecule has 0 aliphatic carbocycles. The molecule has 0 saturated carbocycles. The van der Waals surface area contributed by atoms with E-state index in [0.29, 0.717) is 6.54 Å². The quantitative estimate of drug-likeness (QED) is 0.827. The molecular formula is C20H26N2O2. The SMILES string of the molecule is CCN(C(=O)CNc1ccc(OC(C)C)cc1)c1cccc(C)c1. The zero-order valence-electron chi connectivity index (χ0n) is 14.9. The van der Waals surface area contributed by atoms with Crippen LogP contribution in [0.2, 0.25) is 0 Å². The zero-order chi connectivity index (χ0) is 17.5. The van der Waals surface area contributed by atoms with Gasteiger partial charge in [0.05, 0.1) is 12.6 Å². The Morgan fingerprint density at radius 3 is 2.46 bits per heavy atom. The van der Waals surface area contributed by atoms with Crippen LogP contribution in [0.3, 0.4) is 0 Å². The van der Waals surface area contributed by atoms with Crippen LogP contribution in [0.5, 0.6) is 5.75 Å². The number of carbonyl (C=O) groups excluding carboxylic acids is 1. The van der Waals surface area contributed by atoms with Crippen molar-refractivity contribution in [3.05, 3.63) is 54.1 Å². The number of carbonyl (C=O) groups is 1. The molecule has 0 aliphatic heterocycles. The lowest BCUT2D eigenvalue weighted by Gasteiger charge is -2.22. The summed E-state index contributed by atoms with van der Waals surface area (Å²) in [6, 6.07) is 15.7. The Morgan fingerprint density at radius 1 is 1.17 bits per heavy atom. The molecule has 2 rings (SSSR count). The lowest BCUT2D eigenvalue weighted by molar-refractivity contribution is -0.116. The van der Waals surface area contributed by atoms with E-state index in [1.807, 2.05) is 76.2 Å². The third-order valence-electron chi connectivity index (χ3n) is 3.60. The monoisotopic (exact) mass is 326 g/mol. The van der Waals surface area contributed by atoms with E-state index in [-0.39, 0.29) is 18.6 Å². The van der Waals surface area contributed by atoms with Crippen molar-refractivity contribution in [3.63, 3.8) is 0 Å². The summed E-state index contributed by atoms with van der Waals surface area (Å²) in [6.07, 6.45) is 0.151. The maximum absolute atomic E-state index is 12.5. The van der Waals surface area contributed by atoms with Gasteiger partial charge in [0.1, 0.15) is 5.75 Å². The number of likely N-dealkylation sites (N-methyl/N-ethyl adjacent to an activating group) is 1.